The van der Waals surface area contributed by atoms with E-state index in [0.717, 1.165) is 12.1 Å². The van der Waals surface area contributed by atoms with Crippen LogP contribution >= 0.6 is 0 Å². The predicted molar refractivity (Wildman–Crippen MR) is 79.6 cm³/mol. The van der Waals surface area contributed by atoms with Crippen LogP contribution in [-0.2, 0) is 9.59 Å². The van der Waals surface area contributed by atoms with Crippen LogP contribution in [0.5, 0.6) is 0 Å². The van der Waals surface area contributed by atoms with Crippen LogP contribution < -0.4 is 5.43 Å². The fourth-order valence-corrected chi connectivity index (χ4v) is 3.02. The van der Waals surface area contributed by atoms with Crippen molar-refractivity contribution in [2.75, 3.05) is 13.1 Å². The molecule has 2 rings (SSSR count). The van der Waals surface area contributed by atoms with E-state index in [1.54, 1.807) is 0 Å². The number of hydrazone groups is 1. The molecule has 0 spiro atoms. The third-order valence-electron chi connectivity index (χ3n) is 4.10. The van der Waals surface area contributed by atoms with Crippen molar-refractivity contribution >= 4 is 17.5 Å². The van der Waals surface area contributed by atoms with Gasteiger partial charge in [0.15, 0.2) is 0 Å². The normalized spacial score (nSPS) is 25.9. The number of hydrogen-bond acceptors (Lipinski definition) is 4. The number of aliphatic hydroxyl groups is 1. The summed E-state index contributed by atoms with van der Waals surface area (Å²) in [5.41, 5.74) is 3.29. The van der Waals surface area contributed by atoms with E-state index in [4.69, 9.17) is 0 Å². The van der Waals surface area contributed by atoms with Crippen LogP contribution in [0.3, 0.4) is 0 Å². The van der Waals surface area contributed by atoms with Crippen molar-refractivity contribution < 1.29 is 14.7 Å². The molecule has 0 aliphatic carbocycles. The van der Waals surface area contributed by atoms with Gasteiger partial charge in [-0.25, -0.2) is 5.43 Å². The first kappa shape index (κ1) is 15.9. The first-order valence-corrected chi connectivity index (χ1v) is 7.66. The third kappa shape index (κ3) is 4.81. The Balaban J connectivity index is 1.86. The lowest BCUT2D eigenvalue weighted by Crippen LogP contribution is -2.38. The molecule has 1 unspecified atom stereocenters. The quantitative estimate of drug-likeness (QED) is 0.816. The maximum Gasteiger partial charge on any atom is 0.240 e. The van der Waals surface area contributed by atoms with Crippen molar-refractivity contribution in [3.8, 4) is 0 Å². The number of likely N-dealkylation sites (tertiary alicyclic amines) is 1. The summed E-state index contributed by atoms with van der Waals surface area (Å²) in [5.74, 6) is 0.0464. The topological polar surface area (TPSA) is 82.0 Å². The molecular formula is C15H25N3O3. The summed E-state index contributed by atoms with van der Waals surface area (Å²) in [6, 6.07) is 0. The van der Waals surface area contributed by atoms with Crippen LogP contribution in [0.4, 0.5) is 0 Å². The first-order valence-electron chi connectivity index (χ1n) is 7.66. The number of aliphatic hydroxyl groups excluding tert-OH is 1. The van der Waals surface area contributed by atoms with Crippen LogP contribution in [0.2, 0.25) is 0 Å². The van der Waals surface area contributed by atoms with Crippen LogP contribution in [0.1, 0.15) is 52.4 Å². The minimum atomic E-state index is -0.323. The lowest BCUT2D eigenvalue weighted by Gasteiger charge is -2.30. The van der Waals surface area contributed by atoms with E-state index >= 15 is 0 Å². The van der Waals surface area contributed by atoms with Gasteiger partial charge < -0.3 is 10.0 Å². The molecule has 6 heteroatoms. The van der Waals surface area contributed by atoms with Crippen molar-refractivity contribution in [2.24, 2.45) is 10.5 Å². The molecule has 0 aromatic heterocycles. The molecule has 2 heterocycles. The highest BCUT2D eigenvalue weighted by atomic mass is 16.3. The summed E-state index contributed by atoms with van der Waals surface area (Å²) >= 11 is 0. The van der Waals surface area contributed by atoms with Gasteiger partial charge in [-0.05, 0) is 31.1 Å². The molecule has 2 aliphatic heterocycles. The van der Waals surface area contributed by atoms with Crippen LogP contribution in [0, 0.1) is 5.41 Å². The Morgan fingerprint density at radius 1 is 1.48 bits per heavy atom. The van der Waals surface area contributed by atoms with Crippen LogP contribution in [0.15, 0.2) is 5.10 Å². The van der Waals surface area contributed by atoms with Crippen molar-refractivity contribution in [3.05, 3.63) is 0 Å². The number of rotatable bonds is 3. The minimum Gasteiger partial charge on any atom is -0.393 e. The molecule has 1 saturated heterocycles. The van der Waals surface area contributed by atoms with E-state index in [-0.39, 0.29) is 23.3 Å². The largest absolute Gasteiger partial charge is 0.393 e. The molecule has 6 nitrogen and oxygen atoms in total. The molecule has 0 bridgehead atoms. The number of nitrogens with zero attached hydrogens (tertiary/aromatic N) is 2. The molecule has 21 heavy (non-hydrogen) atoms. The van der Waals surface area contributed by atoms with E-state index in [0.29, 0.717) is 45.2 Å². The minimum absolute atomic E-state index is 0.0537. The summed E-state index contributed by atoms with van der Waals surface area (Å²) < 4.78 is 0. The number of hydrogen-bond donors (Lipinski definition) is 2. The van der Waals surface area contributed by atoms with Crippen molar-refractivity contribution in [1.82, 2.24) is 10.3 Å². The lowest BCUT2D eigenvalue weighted by molar-refractivity contribution is -0.132. The monoisotopic (exact) mass is 295 g/mol. The molecular weight excluding hydrogens is 270 g/mol. The average molecular weight is 295 g/mol. The number of carbonyl (C=O) groups excluding carboxylic acids is 2. The van der Waals surface area contributed by atoms with Gasteiger partial charge >= 0.3 is 0 Å². The van der Waals surface area contributed by atoms with Gasteiger partial charge in [-0.1, -0.05) is 13.8 Å². The second-order valence-electron chi connectivity index (χ2n) is 6.84. The Labute approximate surface area is 125 Å². The van der Waals surface area contributed by atoms with E-state index in [1.807, 2.05) is 4.90 Å². The van der Waals surface area contributed by atoms with Gasteiger partial charge in [0.25, 0.3) is 0 Å². The van der Waals surface area contributed by atoms with E-state index in [2.05, 4.69) is 24.4 Å². The summed E-state index contributed by atoms with van der Waals surface area (Å²) in [6.45, 7) is 5.48. The average Bonchev–Trinajstić information content (AvgIpc) is 2.55. The highest BCUT2D eigenvalue weighted by Gasteiger charge is 2.31. The lowest BCUT2D eigenvalue weighted by atomic mass is 9.87. The molecule has 118 valence electrons. The van der Waals surface area contributed by atoms with Crippen LogP contribution in [-0.4, -0.2) is 46.7 Å². The highest BCUT2D eigenvalue weighted by Crippen LogP contribution is 2.28. The van der Waals surface area contributed by atoms with Crippen molar-refractivity contribution in [3.63, 3.8) is 0 Å². The van der Waals surface area contributed by atoms with Crippen molar-refractivity contribution in [1.29, 1.82) is 0 Å². The molecule has 2 aliphatic rings. The number of nitrogens with one attached hydrogen (secondary N) is 1. The maximum absolute atomic E-state index is 12.4. The standard InChI is InChI=1S/C15H25N3O3/c1-15(2)9-12(19)7-8-18(10-15)14(21)6-4-11-3-5-13(20)17-16-11/h12,19H,3-10H2,1-2H3,(H,17,20). The third-order valence-corrected chi connectivity index (χ3v) is 4.10. The molecule has 2 N–H and O–H groups in total. The fraction of sp³-hybridized carbons (Fsp3) is 0.800. The second kappa shape index (κ2) is 6.56. The maximum atomic E-state index is 12.4. The predicted octanol–water partition coefficient (Wildman–Crippen LogP) is 1.04. The summed E-state index contributed by atoms with van der Waals surface area (Å²) in [5, 5.41) is 13.9. The van der Waals surface area contributed by atoms with Crippen LogP contribution in [0.25, 0.3) is 0 Å². The Bertz CT molecular complexity index is 445. The van der Waals surface area contributed by atoms with E-state index < -0.39 is 0 Å². The van der Waals surface area contributed by atoms with Gasteiger partial charge in [-0.2, -0.15) is 5.10 Å². The van der Waals surface area contributed by atoms with Gasteiger partial charge in [0.2, 0.25) is 11.8 Å². The molecule has 0 saturated carbocycles. The smallest absolute Gasteiger partial charge is 0.240 e. The molecule has 0 radical (unpaired) electrons. The SMILES string of the molecule is CC1(C)CC(O)CCN(C(=O)CCC2=NNC(=O)CC2)C1. The first-order chi connectivity index (χ1) is 9.85. The molecule has 1 atom stereocenters. The number of carbonyl (C=O) groups is 2. The molecule has 1 fully saturated rings. The summed E-state index contributed by atoms with van der Waals surface area (Å²) in [6.07, 6.45) is 3.16. The van der Waals surface area contributed by atoms with Gasteiger partial charge in [-0.3, -0.25) is 9.59 Å². The van der Waals surface area contributed by atoms with E-state index in [9.17, 15) is 14.7 Å². The van der Waals surface area contributed by atoms with Gasteiger partial charge in [0.05, 0.1) is 6.10 Å². The van der Waals surface area contributed by atoms with Crippen molar-refractivity contribution in [2.45, 2.75) is 58.5 Å². The number of amides is 2. The Hall–Kier alpha value is -1.43. The molecule has 2 amide bonds. The Kier molecular flexibility index (Phi) is 4.98. The zero-order valence-corrected chi connectivity index (χ0v) is 12.9. The summed E-state index contributed by atoms with van der Waals surface area (Å²) in [4.78, 5) is 25.2. The van der Waals surface area contributed by atoms with E-state index in [1.165, 1.54) is 0 Å². The zero-order chi connectivity index (χ0) is 15.5. The Morgan fingerprint density at radius 2 is 2.24 bits per heavy atom. The van der Waals surface area contributed by atoms with Gasteiger partial charge in [0, 0.05) is 31.6 Å². The molecule has 0 aromatic rings. The molecule has 0 aromatic carbocycles. The Morgan fingerprint density at radius 3 is 2.90 bits per heavy atom. The second-order valence-corrected chi connectivity index (χ2v) is 6.84. The van der Waals surface area contributed by atoms with Gasteiger partial charge in [-0.15, -0.1) is 0 Å². The van der Waals surface area contributed by atoms with Gasteiger partial charge in [0.1, 0.15) is 0 Å². The zero-order valence-electron chi connectivity index (χ0n) is 12.9. The highest BCUT2D eigenvalue weighted by molar-refractivity contribution is 5.94. The fourth-order valence-electron chi connectivity index (χ4n) is 3.02. The summed E-state index contributed by atoms with van der Waals surface area (Å²) in [7, 11) is 0.